The van der Waals surface area contributed by atoms with Gasteiger partial charge in [0, 0.05) is 38.8 Å². The van der Waals surface area contributed by atoms with Crippen LogP contribution in [0.2, 0.25) is 5.02 Å². The van der Waals surface area contributed by atoms with E-state index in [0.29, 0.717) is 23.4 Å². The number of benzene rings is 1. The van der Waals surface area contributed by atoms with E-state index >= 15 is 0 Å². The van der Waals surface area contributed by atoms with Gasteiger partial charge in [-0.25, -0.2) is 4.79 Å². The SMILES string of the molecule is CC[C@H](C)C([C@@H](CC(=O)N1C2CC2C[C@H]1[C@H](OC)[C@@H](C)C(=O)N[C@@H](Cc1ccccc1Cl)C(=O)O)OC)N(C)C(=O)[C@@H](NC(=O)[C@@H](NC)C(C)C)C(C)C. The minimum Gasteiger partial charge on any atom is -0.480 e. The zero-order chi connectivity index (χ0) is 40.6. The van der Waals surface area contributed by atoms with Crippen molar-refractivity contribution in [1.29, 1.82) is 0 Å². The van der Waals surface area contributed by atoms with Gasteiger partial charge in [0.1, 0.15) is 12.1 Å². The van der Waals surface area contributed by atoms with Crippen LogP contribution < -0.4 is 16.0 Å². The molecular formula is C40H64ClN5O8. The van der Waals surface area contributed by atoms with Gasteiger partial charge in [0.15, 0.2) is 0 Å². The lowest BCUT2D eigenvalue weighted by Crippen LogP contribution is -2.59. The van der Waals surface area contributed by atoms with Crippen molar-refractivity contribution in [2.75, 3.05) is 28.3 Å². The molecule has 3 unspecified atom stereocenters. The largest absolute Gasteiger partial charge is 0.480 e. The van der Waals surface area contributed by atoms with Crippen molar-refractivity contribution in [3.8, 4) is 0 Å². The Morgan fingerprint density at radius 3 is 2.09 bits per heavy atom. The number of hydrogen-bond acceptors (Lipinski definition) is 8. The maximum atomic E-state index is 14.4. The highest BCUT2D eigenvalue weighted by molar-refractivity contribution is 6.31. The van der Waals surface area contributed by atoms with Gasteiger partial charge in [-0.2, -0.15) is 0 Å². The quantitative estimate of drug-likeness (QED) is 0.146. The fourth-order valence-electron chi connectivity index (χ4n) is 8.14. The number of aliphatic carboxylic acids is 1. The summed E-state index contributed by atoms with van der Waals surface area (Å²) in [4.78, 5) is 71.0. The molecule has 54 heavy (non-hydrogen) atoms. The van der Waals surface area contributed by atoms with Crippen LogP contribution in [0.5, 0.6) is 0 Å². The third kappa shape index (κ3) is 10.7. The average molecular weight is 778 g/mol. The third-order valence-electron chi connectivity index (χ3n) is 11.6. The summed E-state index contributed by atoms with van der Waals surface area (Å²) in [6.45, 7) is 13.4. The Labute approximate surface area is 326 Å². The standard InChI is InChI=1S/C40H64ClN5O8/c1-12-23(6)35(45(9)39(50)34(22(4)5)44-38(49)33(42-8)21(2)3)31(53-10)20-32(47)46-29-18-26(29)19-30(46)36(54-11)24(7)37(48)43-28(40(51)52)17-25-15-13-14-16-27(25)41/h13-16,21-24,26,28-31,33-36,42H,12,17-20H2,1-11H3,(H,43,48)(H,44,49)(H,51,52)/t23-,24+,26?,28-,29?,30-,31+,33-,34-,35?,36+/m0/s1. The van der Waals surface area contributed by atoms with E-state index < -0.39 is 60.2 Å². The summed E-state index contributed by atoms with van der Waals surface area (Å²) in [6, 6.07) is 3.54. The monoisotopic (exact) mass is 777 g/mol. The number of nitrogens with zero attached hydrogens (tertiary/aromatic N) is 2. The molecule has 1 aliphatic heterocycles. The maximum absolute atomic E-state index is 14.4. The second-order valence-corrected chi connectivity index (χ2v) is 16.3. The number of methoxy groups -OCH3 is 2. The number of halogens is 1. The molecule has 2 fully saturated rings. The fraction of sp³-hybridized carbons (Fsp3) is 0.725. The molecule has 1 aliphatic carbocycles. The van der Waals surface area contributed by atoms with E-state index in [1.54, 1.807) is 57.3 Å². The number of hydrogen-bond donors (Lipinski definition) is 4. The minimum absolute atomic E-state index is 0.00271. The first-order valence-corrected chi connectivity index (χ1v) is 19.7. The van der Waals surface area contributed by atoms with Crippen LogP contribution in [0.3, 0.4) is 0 Å². The normalized spacial score (nSPS) is 22.3. The molecule has 4 amide bonds. The molecular weight excluding hydrogens is 714 g/mol. The Morgan fingerprint density at radius 1 is 0.944 bits per heavy atom. The number of carboxylic acid groups (broad SMARTS) is 1. The van der Waals surface area contributed by atoms with Crippen molar-refractivity contribution < 1.29 is 38.6 Å². The number of ether oxygens (including phenoxy) is 2. The molecule has 14 heteroatoms. The summed E-state index contributed by atoms with van der Waals surface area (Å²) in [6.07, 6.45) is 0.859. The molecule has 304 valence electrons. The van der Waals surface area contributed by atoms with Gasteiger partial charge in [-0.05, 0) is 55.2 Å². The smallest absolute Gasteiger partial charge is 0.326 e. The predicted octanol–water partition coefficient (Wildman–Crippen LogP) is 3.76. The van der Waals surface area contributed by atoms with Crippen LogP contribution in [-0.2, 0) is 39.9 Å². The molecule has 13 nitrogen and oxygen atoms in total. The summed E-state index contributed by atoms with van der Waals surface area (Å²) < 4.78 is 11.9. The Morgan fingerprint density at radius 2 is 1.57 bits per heavy atom. The first kappa shape index (κ1) is 45.1. The molecule has 1 aromatic rings. The molecule has 0 bridgehead atoms. The number of nitrogens with one attached hydrogen (secondary N) is 3. The van der Waals surface area contributed by atoms with Gasteiger partial charge >= 0.3 is 5.97 Å². The van der Waals surface area contributed by atoms with Crippen molar-refractivity contribution in [3.63, 3.8) is 0 Å². The van der Waals surface area contributed by atoms with Gasteiger partial charge in [-0.1, -0.05) is 84.7 Å². The number of likely N-dealkylation sites (tertiary alicyclic amines) is 1. The molecule has 1 saturated heterocycles. The van der Waals surface area contributed by atoms with E-state index in [1.165, 1.54) is 7.11 Å². The maximum Gasteiger partial charge on any atom is 0.326 e. The summed E-state index contributed by atoms with van der Waals surface area (Å²) >= 11 is 6.28. The van der Waals surface area contributed by atoms with Crippen LogP contribution in [0.15, 0.2) is 24.3 Å². The van der Waals surface area contributed by atoms with E-state index in [2.05, 4.69) is 16.0 Å². The van der Waals surface area contributed by atoms with Crippen LogP contribution in [0, 0.1) is 29.6 Å². The van der Waals surface area contributed by atoms with E-state index in [1.807, 2.05) is 46.4 Å². The summed E-state index contributed by atoms with van der Waals surface area (Å²) in [5.74, 6) is -3.09. The summed E-state index contributed by atoms with van der Waals surface area (Å²) in [5.41, 5.74) is 0.601. The average Bonchev–Trinajstić information content (AvgIpc) is 3.78. The van der Waals surface area contributed by atoms with Crippen molar-refractivity contribution in [3.05, 3.63) is 34.9 Å². The lowest BCUT2D eigenvalue weighted by molar-refractivity contribution is -0.149. The third-order valence-corrected chi connectivity index (χ3v) is 11.9. The van der Waals surface area contributed by atoms with Gasteiger partial charge in [0.05, 0.1) is 42.7 Å². The van der Waals surface area contributed by atoms with Gasteiger partial charge < -0.3 is 40.3 Å². The molecule has 1 heterocycles. The number of likely N-dealkylation sites (N-methyl/N-ethyl adjacent to an activating group) is 2. The number of piperidine rings is 1. The van der Waals surface area contributed by atoms with Crippen molar-refractivity contribution in [2.24, 2.45) is 29.6 Å². The molecule has 1 aromatic carbocycles. The molecule has 0 spiro atoms. The zero-order valence-corrected chi connectivity index (χ0v) is 34.7. The number of carbonyl (C=O) groups is 5. The van der Waals surface area contributed by atoms with Crippen LogP contribution >= 0.6 is 11.6 Å². The van der Waals surface area contributed by atoms with Crippen LogP contribution in [0.1, 0.15) is 79.7 Å². The minimum atomic E-state index is -1.21. The van der Waals surface area contributed by atoms with E-state index in [4.69, 9.17) is 21.1 Å². The van der Waals surface area contributed by atoms with Crippen LogP contribution in [0.25, 0.3) is 0 Å². The molecule has 2 aliphatic rings. The van der Waals surface area contributed by atoms with Crippen LogP contribution in [-0.4, -0.2) is 121 Å². The predicted molar refractivity (Wildman–Crippen MR) is 208 cm³/mol. The molecule has 1 saturated carbocycles. The lowest BCUT2D eigenvalue weighted by atomic mass is 9.89. The number of fused-ring (bicyclic) bond motifs is 1. The highest BCUT2D eigenvalue weighted by Gasteiger charge is 2.57. The second kappa shape index (κ2) is 20.1. The summed E-state index contributed by atoms with van der Waals surface area (Å²) in [7, 11) is 6.48. The first-order valence-electron chi connectivity index (χ1n) is 19.3. The van der Waals surface area contributed by atoms with Crippen molar-refractivity contribution in [1.82, 2.24) is 25.8 Å². The fourth-order valence-corrected chi connectivity index (χ4v) is 8.35. The Balaban J connectivity index is 1.81. The van der Waals surface area contributed by atoms with E-state index in [-0.39, 0.29) is 60.3 Å². The lowest BCUT2D eigenvalue weighted by Gasteiger charge is -2.41. The number of carboxylic acids is 1. The second-order valence-electron chi connectivity index (χ2n) is 15.9. The molecule has 0 radical (unpaired) electrons. The number of carbonyl (C=O) groups excluding carboxylic acids is 4. The number of rotatable bonds is 21. The van der Waals surface area contributed by atoms with Crippen molar-refractivity contribution >= 4 is 41.2 Å². The van der Waals surface area contributed by atoms with Crippen LogP contribution in [0.4, 0.5) is 0 Å². The van der Waals surface area contributed by atoms with Crippen molar-refractivity contribution in [2.45, 2.75) is 129 Å². The van der Waals surface area contributed by atoms with Gasteiger partial charge in [0.2, 0.25) is 23.6 Å². The highest BCUT2D eigenvalue weighted by atomic mass is 35.5. The zero-order valence-electron chi connectivity index (χ0n) is 33.9. The van der Waals surface area contributed by atoms with E-state index in [0.717, 1.165) is 6.42 Å². The Kier molecular flexibility index (Phi) is 16.8. The topological polar surface area (TPSA) is 167 Å². The van der Waals surface area contributed by atoms with E-state index in [9.17, 15) is 29.1 Å². The molecule has 0 aromatic heterocycles. The molecule has 11 atom stereocenters. The highest BCUT2D eigenvalue weighted by Crippen LogP contribution is 2.50. The molecule has 3 rings (SSSR count). The summed E-state index contributed by atoms with van der Waals surface area (Å²) in [5, 5.41) is 19.1. The molecule has 4 N–H and O–H groups in total. The van der Waals surface area contributed by atoms with Gasteiger partial charge in [-0.3, -0.25) is 19.2 Å². The number of amides is 4. The van der Waals surface area contributed by atoms with Gasteiger partial charge in [0.25, 0.3) is 0 Å². The van der Waals surface area contributed by atoms with Gasteiger partial charge in [-0.15, -0.1) is 0 Å². The first-order chi connectivity index (χ1) is 25.4. The Bertz CT molecular complexity index is 1460. The Hall–Kier alpha value is -3.26.